The SMILES string of the molecule is CC(C)=CCC1CC23CC4C(C)(C)c5ccccc5C(=O)C45C(=O)C(CC=C(C)C)(CC1(C)C25O)C3=O. The highest BCUT2D eigenvalue weighted by atomic mass is 16.3. The van der Waals surface area contributed by atoms with Gasteiger partial charge in [-0.15, -0.1) is 0 Å². The van der Waals surface area contributed by atoms with Crippen LogP contribution in [0.25, 0.3) is 0 Å². The summed E-state index contributed by atoms with van der Waals surface area (Å²) in [6, 6.07) is 7.61. The lowest BCUT2D eigenvalue weighted by Crippen LogP contribution is -2.82. The maximum atomic E-state index is 15.0. The molecule has 7 rings (SSSR count). The maximum absolute atomic E-state index is 15.0. The Labute approximate surface area is 220 Å². The number of carbonyl (C=O) groups excluding carboxylic acids is 3. The Morgan fingerprint density at radius 1 is 0.946 bits per heavy atom. The zero-order chi connectivity index (χ0) is 27.0. The van der Waals surface area contributed by atoms with Crippen LogP contribution < -0.4 is 0 Å². The van der Waals surface area contributed by atoms with Gasteiger partial charge in [0.2, 0.25) is 0 Å². The molecule has 0 heterocycles. The number of hydrogen-bond donors (Lipinski definition) is 1. The molecule has 0 saturated heterocycles. The zero-order valence-electron chi connectivity index (χ0n) is 23.3. The molecule has 4 nitrogen and oxygen atoms in total. The van der Waals surface area contributed by atoms with E-state index in [2.05, 4.69) is 40.7 Å². The first-order valence-corrected chi connectivity index (χ1v) is 13.9. The van der Waals surface area contributed by atoms with E-state index in [0.717, 1.165) is 17.6 Å². The van der Waals surface area contributed by atoms with Gasteiger partial charge in [-0.25, -0.2) is 0 Å². The molecule has 0 radical (unpaired) electrons. The van der Waals surface area contributed by atoms with Crippen molar-refractivity contribution in [1.29, 1.82) is 0 Å². The standard InChI is InChI=1S/C33H40O4/c1-19(2)12-13-21-16-31-17-24-28(5,6)23-11-9-8-10-22(23)25(34)32(24)27(36)30(26(31)35,15-14-20(3)4)18-29(21,7)33(31,32)37/h8-12,14,21,24,37H,13,15-18H2,1-7H3. The van der Waals surface area contributed by atoms with Gasteiger partial charge in [-0.05, 0) is 82.6 Å². The molecule has 0 aliphatic heterocycles. The predicted octanol–water partition coefficient (Wildman–Crippen LogP) is 6.17. The van der Waals surface area contributed by atoms with Crippen molar-refractivity contribution in [3.8, 4) is 0 Å². The van der Waals surface area contributed by atoms with Crippen LogP contribution in [0.15, 0.2) is 47.6 Å². The molecule has 5 saturated carbocycles. The molecule has 0 amide bonds. The molecule has 6 aliphatic carbocycles. The van der Waals surface area contributed by atoms with Gasteiger partial charge in [0.1, 0.15) is 11.0 Å². The Kier molecular flexibility index (Phi) is 4.72. The second-order valence-corrected chi connectivity index (χ2v) is 14.2. The molecule has 6 aliphatic rings. The van der Waals surface area contributed by atoms with E-state index in [0.29, 0.717) is 31.2 Å². The number of Topliss-reactive ketones (excluding diaryl/α,β-unsaturated/α-hetero) is 3. The second-order valence-electron chi connectivity index (χ2n) is 14.2. The van der Waals surface area contributed by atoms with Crippen LogP contribution in [0.3, 0.4) is 0 Å². The van der Waals surface area contributed by atoms with Crippen LogP contribution in [0.5, 0.6) is 0 Å². The van der Waals surface area contributed by atoms with Crippen LogP contribution in [-0.2, 0) is 15.0 Å². The summed E-state index contributed by atoms with van der Waals surface area (Å²) < 4.78 is 0. The minimum atomic E-state index is -1.68. The van der Waals surface area contributed by atoms with Crippen LogP contribution in [0.2, 0.25) is 0 Å². The minimum Gasteiger partial charge on any atom is -0.387 e. The van der Waals surface area contributed by atoms with Gasteiger partial charge in [0.25, 0.3) is 0 Å². The van der Waals surface area contributed by atoms with Crippen LogP contribution in [0.1, 0.15) is 96.5 Å². The number of rotatable bonds is 4. The van der Waals surface area contributed by atoms with Crippen LogP contribution in [-0.4, -0.2) is 28.1 Å². The molecule has 196 valence electrons. The number of allylic oxidation sites excluding steroid dienone is 4. The van der Waals surface area contributed by atoms with E-state index >= 15 is 4.79 Å². The lowest BCUT2D eigenvalue weighted by Gasteiger charge is -2.68. The number of fused-ring (bicyclic) bond motifs is 1. The molecular weight excluding hydrogens is 460 g/mol. The van der Waals surface area contributed by atoms with Crippen molar-refractivity contribution >= 4 is 17.3 Å². The lowest BCUT2D eigenvalue weighted by molar-refractivity contribution is -0.240. The summed E-state index contributed by atoms with van der Waals surface area (Å²) in [5, 5.41) is 13.3. The first-order chi connectivity index (χ1) is 17.2. The zero-order valence-corrected chi connectivity index (χ0v) is 23.3. The normalized spacial score (nSPS) is 43.9. The highest BCUT2D eigenvalue weighted by Gasteiger charge is 2.97. The number of hydrogen-bond acceptors (Lipinski definition) is 4. The summed E-state index contributed by atoms with van der Waals surface area (Å²) in [7, 11) is 0. The molecule has 7 unspecified atom stereocenters. The van der Waals surface area contributed by atoms with E-state index in [1.165, 1.54) is 5.57 Å². The van der Waals surface area contributed by atoms with Gasteiger partial charge in [0.15, 0.2) is 17.3 Å². The smallest absolute Gasteiger partial charge is 0.180 e. The summed E-state index contributed by atoms with van der Waals surface area (Å²) in [6.45, 7) is 14.4. The summed E-state index contributed by atoms with van der Waals surface area (Å²) in [6.07, 6.45) is 6.54. The van der Waals surface area contributed by atoms with E-state index in [1.54, 1.807) is 0 Å². The van der Waals surface area contributed by atoms with Crippen molar-refractivity contribution in [2.75, 3.05) is 0 Å². The highest BCUT2D eigenvalue weighted by molar-refractivity contribution is 6.29. The van der Waals surface area contributed by atoms with Gasteiger partial charge in [-0.1, -0.05) is 68.3 Å². The Morgan fingerprint density at radius 2 is 1.59 bits per heavy atom. The summed E-state index contributed by atoms with van der Waals surface area (Å²) >= 11 is 0. The monoisotopic (exact) mass is 500 g/mol. The fourth-order valence-electron chi connectivity index (χ4n) is 10.3. The van der Waals surface area contributed by atoms with Crippen LogP contribution >= 0.6 is 0 Å². The second kappa shape index (κ2) is 7.00. The minimum absolute atomic E-state index is 0.0314. The van der Waals surface area contributed by atoms with E-state index < -0.39 is 38.6 Å². The van der Waals surface area contributed by atoms with Gasteiger partial charge in [0.05, 0.1) is 10.8 Å². The Morgan fingerprint density at radius 3 is 2.24 bits per heavy atom. The van der Waals surface area contributed by atoms with Crippen molar-refractivity contribution in [3.63, 3.8) is 0 Å². The fourth-order valence-corrected chi connectivity index (χ4v) is 10.3. The average molecular weight is 501 g/mol. The summed E-state index contributed by atoms with van der Waals surface area (Å²) in [5.74, 6) is -1.01. The van der Waals surface area contributed by atoms with Gasteiger partial charge in [0, 0.05) is 11.0 Å². The van der Waals surface area contributed by atoms with Crippen LogP contribution in [0, 0.1) is 33.5 Å². The van der Waals surface area contributed by atoms with E-state index in [9.17, 15) is 14.7 Å². The van der Waals surface area contributed by atoms with Crippen molar-refractivity contribution in [2.45, 2.75) is 91.6 Å². The molecule has 1 aromatic carbocycles. The molecule has 0 aromatic heterocycles. The number of benzene rings is 1. The van der Waals surface area contributed by atoms with Crippen molar-refractivity contribution in [3.05, 3.63) is 58.7 Å². The first kappa shape index (κ1) is 25.0. The van der Waals surface area contributed by atoms with E-state index in [4.69, 9.17) is 0 Å². The molecule has 37 heavy (non-hydrogen) atoms. The average Bonchev–Trinajstić information content (AvgIpc) is 3.15. The van der Waals surface area contributed by atoms with Gasteiger partial charge < -0.3 is 5.11 Å². The number of ketones is 3. The first-order valence-electron chi connectivity index (χ1n) is 13.9. The Balaban J connectivity index is 1.71. The lowest BCUT2D eigenvalue weighted by atomic mass is 9.33. The van der Waals surface area contributed by atoms with E-state index in [-0.39, 0.29) is 23.3 Å². The highest BCUT2D eigenvalue weighted by Crippen LogP contribution is 2.87. The third-order valence-electron chi connectivity index (χ3n) is 11.8. The molecule has 1 spiro atoms. The predicted molar refractivity (Wildman–Crippen MR) is 143 cm³/mol. The molecule has 5 fully saturated rings. The van der Waals surface area contributed by atoms with Gasteiger partial charge in [-0.2, -0.15) is 0 Å². The summed E-state index contributed by atoms with van der Waals surface area (Å²) in [5.41, 5.74) is -3.14. The van der Waals surface area contributed by atoms with Crippen molar-refractivity contribution < 1.29 is 19.5 Å². The fraction of sp³-hybridized carbons (Fsp3) is 0.606. The molecule has 1 N–H and O–H groups in total. The third kappa shape index (κ3) is 2.32. The van der Waals surface area contributed by atoms with Crippen LogP contribution in [0.4, 0.5) is 0 Å². The van der Waals surface area contributed by atoms with Gasteiger partial charge >= 0.3 is 0 Å². The topological polar surface area (TPSA) is 71.4 Å². The molecular formula is C33H40O4. The van der Waals surface area contributed by atoms with Crippen molar-refractivity contribution in [2.24, 2.45) is 33.5 Å². The molecule has 5 bridgehead atoms. The molecule has 7 atom stereocenters. The van der Waals surface area contributed by atoms with Crippen molar-refractivity contribution in [1.82, 2.24) is 0 Å². The van der Waals surface area contributed by atoms with E-state index in [1.807, 2.05) is 44.2 Å². The quantitative estimate of drug-likeness (QED) is 0.397. The number of aliphatic hydroxyl groups is 1. The number of carbonyl (C=O) groups is 3. The Hall–Kier alpha value is -2.33. The molecule has 1 aromatic rings. The maximum Gasteiger partial charge on any atom is 0.180 e. The largest absolute Gasteiger partial charge is 0.387 e. The third-order valence-corrected chi connectivity index (χ3v) is 11.8. The summed E-state index contributed by atoms with van der Waals surface area (Å²) in [4.78, 5) is 44.7. The Bertz CT molecular complexity index is 1340. The molecule has 4 heteroatoms. The van der Waals surface area contributed by atoms with Gasteiger partial charge in [-0.3, -0.25) is 14.4 Å².